The fourth-order valence-electron chi connectivity index (χ4n) is 1.55. The van der Waals surface area contributed by atoms with Gasteiger partial charge in [-0.2, -0.15) is 5.10 Å². The van der Waals surface area contributed by atoms with Crippen LogP contribution in [0.3, 0.4) is 0 Å². The predicted octanol–water partition coefficient (Wildman–Crippen LogP) is 0.681. The van der Waals surface area contributed by atoms with Crippen LogP contribution in [0.25, 0.3) is 0 Å². The van der Waals surface area contributed by atoms with Crippen molar-refractivity contribution in [2.24, 2.45) is 0 Å². The summed E-state index contributed by atoms with van der Waals surface area (Å²) < 4.78 is 6.96. The third kappa shape index (κ3) is 4.40. The summed E-state index contributed by atoms with van der Waals surface area (Å²) in [6.45, 7) is 5.87. The minimum atomic E-state index is 0.367. The van der Waals surface area contributed by atoms with Crippen molar-refractivity contribution >= 4 is 0 Å². The molecule has 1 aromatic rings. The molecule has 0 aromatic carbocycles. The Labute approximate surface area is 90.8 Å². The summed E-state index contributed by atoms with van der Waals surface area (Å²) in [5.74, 6) is 0. The van der Waals surface area contributed by atoms with Crippen molar-refractivity contribution in [1.29, 1.82) is 0 Å². The average molecular weight is 212 g/mol. The van der Waals surface area contributed by atoms with Gasteiger partial charge < -0.3 is 10.1 Å². The third-order valence-corrected chi connectivity index (χ3v) is 2.31. The maximum Gasteiger partial charge on any atom is 0.137 e. The van der Waals surface area contributed by atoms with E-state index >= 15 is 0 Å². The third-order valence-electron chi connectivity index (χ3n) is 2.31. The topological polar surface area (TPSA) is 52.0 Å². The number of nitrogens with zero attached hydrogens (tertiary/aromatic N) is 3. The zero-order valence-electron chi connectivity index (χ0n) is 9.68. The number of hydrogen-bond donors (Lipinski definition) is 1. The second kappa shape index (κ2) is 6.53. The maximum atomic E-state index is 5.13. The number of hydrogen-bond acceptors (Lipinski definition) is 4. The van der Waals surface area contributed by atoms with Gasteiger partial charge in [0.05, 0.1) is 13.2 Å². The van der Waals surface area contributed by atoms with Gasteiger partial charge in [0.15, 0.2) is 0 Å². The monoisotopic (exact) mass is 212 g/mol. The molecule has 1 heterocycles. The van der Waals surface area contributed by atoms with Crippen molar-refractivity contribution in [3.8, 4) is 0 Å². The molecule has 0 saturated carbocycles. The van der Waals surface area contributed by atoms with Crippen molar-refractivity contribution in [2.75, 3.05) is 13.7 Å². The van der Waals surface area contributed by atoms with Crippen LogP contribution in [0.4, 0.5) is 0 Å². The zero-order chi connectivity index (χ0) is 11.1. The molecule has 2 unspecified atom stereocenters. The molecule has 0 spiro atoms. The van der Waals surface area contributed by atoms with E-state index in [0.29, 0.717) is 12.1 Å². The second-order valence-electron chi connectivity index (χ2n) is 3.75. The van der Waals surface area contributed by atoms with E-state index in [1.807, 2.05) is 4.68 Å². The summed E-state index contributed by atoms with van der Waals surface area (Å²) in [5, 5.41) is 7.56. The number of nitrogens with one attached hydrogen (secondary N) is 1. The molecule has 86 valence electrons. The lowest BCUT2D eigenvalue weighted by Gasteiger charge is -2.21. The van der Waals surface area contributed by atoms with Gasteiger partial charge in [0, 0.05) is 19.2 Å². The first kappa shape index (κ1) is 12.1. The predicted molar refractivity (Wildman–Crippen MR) is 58.6 cm³/mol. The molecular weight excluding hydrogens is 192 g/mol. The SMILES string of the molecule is CCC(COC)NC(C)Cn1cncn1. The minimum absolute atomic E-state index is 0.367. The summed E-state index contributed by atoms with van der Waals surface area (Å²) in [6, 6.07) is 0.778. The molecule has 2 atom stereocenters. The van der Waals surface area contributed by atoms with Crippen LogP contribution in [0.15, 0.2) is 12.7 Å². The van der Waals surface area contributed by atoms with E-state index in [1.54, 1.807) is 19.8 Å². The largest absolute Gasteiger partial charge is 0.383 e. The summed E-state index contributed by atoms with van der Waals surface area (Å²) in [4.78, 5) is 3.91. The van der Waals surface area contributed by atoms with Crippen molar-refractivity contribution in [3.05, 3.63) is 12.7 Å². The van der Waals surface area contributed by atoms with Gasteiger partial charge in [-0.1, -0.05) is 6.92 Å². The van der Waals surface area contributed by atoms with Crippen LogP contribution in [0.1, 0.15) is 20.3 Å². The standard InChI is InChI=1S/C10H20N4O/c1-4-10(6-15-3)13-9(2)5-14-8-11-7-12-14/h7-10,13H,4-6H2,1-3H3. The van der Waals surface area contributed by atoms with Crippen molar-refractivity contribution in [3.63, 3.8) is 0 Å². The number of ether oxygens (including phenoxy) is 1. The molecule has 5 nitrogen and oxygen atoms in total. The van der Waals surface area contributed by atoms with Crippen LogP contribution in [0.2, 0.25) is 0 Å². The highest BCUT2D eigenvalue weighted by Crippen LogP contribution is 1.96. The van der Waals surface area contributed by atoms with Gasteiger partial charge in [-0.25, -0.2) is 4.98 Å². The molecule has 0 bridgehead atoms. The molecule has 0 fully saturated rings. The molecule has 15 heavy (non-hydrogen) atoms. The van der Waals surface area contributed by atoms with Gasteiger partial charge >= 0.3 is 0 Å². The van der Waals surface area contributed by atoms with Crippen LogP contribution >= 0.6 is 0 Å². The second-order valence-corrected chi connectivity index (χ2v) is 3.75. The molecule has 5 heteroatoms. The lowest BCUT2D eigenvalue weighted by molar-refractivity contribution is 0.157. The first-order chi connectivity index (χ1) is 7.26. The van der Waals surface area contributed by atoms with Gasteiger partial charge in [0.25, 0.3) is 0 Å². The maximum absolute atomic E-state index is 5.13. The summed E-state index contributed by atoms with van der Waals surface area (Å²) >= 11 is 0. The Morgan fingerprint density at radius 2 is 2.33 bits per heavy atom. The van der Waals surface area contributed by atoms with Crippen LogP contribution in [0, 0.1) is 0 Å². The van der Waals surface area contributed by atoms with E-state index in [4.69, 9.17) is 4.74 Å². The number of aromatic nitrogens is 3. The van der Waals surface area contributed by atoms with Gasteiger partial charge in [-0.15, -0.1) is 0 Å². The Hall–Kier alpha value is -0.940. The first-order valence-corrected chi connectivity index (χ1v) is 5.33. The Morgan fingerprint density at radius 3 is 2.87 bits per heavy atom. The average Bonchev–Trinajstić information content (AvgIpc) is 2.69. The van der Waals surface area contributed by atoms with Crippen molar-refractivity contribution in [1.82, 2.24) is 20.1 Å². The fourth-order valence-corrected chi connectivity index (χ4v) is 1.55. The summed E-state index contributed by atoms with van der Waals surface area (Å²) in [6.07, 6.45) is 4.35. The van der Waals surface area contributed by atoms with Crippen molar-refractivity contribution < 1.29 is 4.74 Å². The molecule has 0 saturated heterocycles. The fraction of sp³-hybridized carbons (Fsp3) is 0.800. The van der Waals surface area contributed by atoms with E-state index in [-0.39, 0.29) is 0 Å². The summed E-state index contributed by atoms with van der Waals surface area (Å²) in [5.41, 5.74) is 0. The smallest absolute Gasteiger partial charge is 0.137 e. The summed E-state index contributed by atoms with van der Waals surface area (Å²) in [7, 11) is 1.73. The highest BCUT2D eigenvalue weighted by Gasteiger charge is 2.10. The van der Waals surface area contributed by atoms with Gasteiger partial charge in [0.2, 0.25) is 0 Å². The Bertz CT molecular complexity index is 250. The van der Waals surface area contributed by atoms with E-state index in [0.717, 1.165) is 19.6 Å². The van der Waals surface area contributed by atoms with Crippen molar-refractivity contribution in [2.45, 2.75) is 38.9 Å². The lowest BCUT2D eigenvalue weighted by atomic mass is 10.2. The minimum Gasteiger partial charge on any atom is -0.383 e. The van der Waals surface area contributed by atoms with Crippen LogP contribution in [-0.4, -0.2) is 40.6 Å². The van der Waals surface area contributed by atoms with E-state index < -0.39 is 0 Å². The molecule has 0 aliphatic carbocycles. The highest BCUT2D eigenvalue weighted by atomic mass is 16.5. The highest BCUT2D eigenvalue weighted by molar-refractivity contribution is 4.70. The lowest BCUT2D eigenvalue weighted by Crippen LogP contribution is -2.41. The molecule has 1 rings (SSSR count). The van der Waals surface area contributed by atoms with Gasteiger partial charge in [0.1, 0.15) is 12.7 Å². The molecule has 0 amide bonds. The molecule has 0 aliphatic heterocycles. The molecule has 0 aliphatic rings. The van der Waals surface area contributed by atoms with E-state index in [2.05, 4.69) is 29.2 Å². The van der Waals surface area contributed by atoms with E-state index in [9.17, 15) is 0 Å². The van der Waals surface area contributed by atoms with Gasteiger partial charge in [-0.3, -0.25) is 4.68 Å². The number of rotatable bonds is 7. The quantitative estimate of drug-likeness (QED) is 0.722. The molecule has 1 aromatic heterocycles. The Morgan fingerprint density at radius 1 is 1.53 bits per heavy atom. The Kier molecular flexibility index (Phi) is 5.28. The van der Waals surface area contributed by atoms with Gasteiger partial charge in [-0.05, 0) is 13.3 Å². The molecule has 0 radical (unpaired) electrons. The van der Waals surface area contributed by atoms with Crippen LogP contribution in [-0.2, 0) is 11.3 Å². The molecular formula is C10H20N4O. The van der Waals surface area contributed by atoms with Crippen LogP contribution in [0.5, 0.6) is 0 Å². The molecule has 1 N–H and O–H groups in total. The first-order valence-electron chi connectivity index (χ1n) is 5.33. The van der Waals surface area contributed by atoms with Crippen LogP contribution < -0.4 is 5.32 Å². The van der Waals surface area contributed by atoms with E-state index in [1.165, 1.54) is 0 Å². The zero-order valence-corrected chi connectivity index (χ0v) is 9.68. The number of methoxy groups -OCH3 is 1. The normalized spacial score (nSPS) is 15.1. The Balaban J connectivity index is 2.30.